The van der Waals surface area contributed by atoms with Gasteiger partial charge in [-0.15, -0.1) is 0 Å². The van der Waals surface area contributed by atoms with Gasteiger partial charge in [-0.25, -0.2) is 4.39 Å². The van der Waals surface area contributed by atoms with Crippen LogP contribution in [0, 0.1) is 5.82 Å². The molecular formula is C32H31ClFNO6. The second kappa shape index (κ2) is 14.4. The molecule has 1 aromatic heterocycles. The van der Waals surface area contributed by atoms with E-state index < -0.39 is 17.8 Å². The molecule has 4 aromatic rings. The van der Waals surface area contributed by atoms with Crippen molar-refractivity contribution in [1.82, 2.24) is 4.57 Å². The van der Waals surface area contributed by atoms with Gasteiger partial charge in [0, 0.05) is 30.1 Å². The van der Waals surface area contributed by atoms with E-state index in [0.29, 0.717) is 38.2 Å². The van der Waals surface area contributed by atoms with Crippen LogP contribution in [0.5, 0.6) is 11.5 Å². The Morgan fingerprint density at radius 3 is 2.32 bits per heavy atom. The van der Waals surface area contributed by atoms with Crippen LogP contribution < -0.4 is 9.47 Å². The standard InChI is InChI=1S/C32H31ClFNO6/c33-26-7-4-8-27(34)32(26)41-19-2-1-18-40-25-15-12-22(13-16-25)11-14-23-6-3-9-28-31(23)24(20-30(38)39)21-35(28)17-5-10-29(36)37/h3-4,6-9,11-16,21H,1-2,5,10,17-20H2,(H,36,37)(H,38,39). The second-order valence-corrected chi connectivity index (χ2v) is 9.92. The Kier molecular flexibility index (Phi) is 10.4. The smallest absolute Gasteiger partial charge is 0.307 e. The molecule has 0 spiro atoms. The van der Waals surface area contributed by atoms with Gasteiger partial charge in [0.25, 0.3) is 0 Å². The van der Waals surface area contributed by atoms with Crippen LogP contribution in [0.15, 0.2) is 66.9 Å². The molecule has 2 N–H and O–H groups in total. The number of fused-ring (bicyclic) bond motifs is 1. The lowest BCUT2D eigenvalue weighted by molar-refractivity contribution is -0.137. The van der Waals surface area contributed by atoms with Gasteiger partial charge in [-0.05, 0) is 66.3 Å². The number of nitrogens with zero attached hydrogens (tertiary/aromatic N) is 1. The van der Waals surface area contributed by atoms with Gasteiger partial charge < -0.3 is 24.3 Å². The van der Waals surface area contributed by atoms with Gasteiger partial charge in [0.1, 0.15) is 5.75 Å². The average Bonchev–Trinajstić information content (AvgIpc) is 3.28. The van der Waals surface area contributed by atoms with Gasteiger partial charge in [0.2, 0.25) is 0 Å². The number of ether oxygens (including phenoxy) is 2. The highest BCUT2D eigenvalue weighted by Crippen LogP contribution is 2.29. The third-order valence-electron chi connectivity index (χ3n) is 6.46. The van der Waals surface area contributed by atoms with Crippen molar-refractivity contribution in [2.24, 2.45) is 0 Å². The third-order valence-corrected chi connectivity index (χ3v) is 6.75. The van der Waals surface area contributed by atoms with E-state index in [0.717, 1.165) is 34.2 Å². The van der Waals surface area contributed by atoms with E-state index in [1.807, 2.05) is 65.4 Å². The summed E-state index contributed by atoms with van der Waals surface area (Å²) in [7, 11) is 0. The van der Waals surface area contributed by atoms with Crippen LogP contribution in [-0.2, 0) is 22.6 Å². The molecule has 0 saturated carbocycles. The Morgan fingerprint density at radius 1 is 0.878 bits per heavy atom. The topological polar surface area (TPSA) is 98.0 Å². The fraction of sp³-hybridized carbons (Fsp3) is 0.250. The molecule has 0 atom stereocenters. The van der Waals surface area contributed by atoms with Crippen LogP contribution in [0.2, 0.25) is 5.02 Å². The average molecular weight is 580 g/mol. The maximum Gasteiger partial charge on any atom is 0.307 e. The minimum atomic E-state index is -0.925. The molecule has 0 amide bonds. The molecule has 41 heavy (non-hydrogen) atoms. The van der Waals surface area contributed by atoms with Crippen molar-refractivity contribution in [1.29, 1.82) is 0 Å². The molecule has 0 radical (unpaired) electrons. The summed E-state index contributed by atoms with van der Waals surface area (Å²) in [6.07, 6.45) is 7.51. The van der Waals surface area contributed by atoms with E-state index in [4.69, 9.17) is 26.2 Å². The SMILES string of the molecule is O=C(O)CCCn1cc(CC(=O)O)c2c(C=Cc3ccc(OCCCCOc4c(F)cccc4Cl)cc3)cccc21. The fourth-order valence-electron chi connectivity index (χ4n) is 4.54. The van der Waals surface area contributed by atoms with Crippen molar-refractivity contribution in [3.8, 4) is 11.5 Å². The van der Waals surface area contributed by atoms with Crippen LogP contribution in [-0.4, -0.2) is 39.9 Å². The number of carbonyl (C=O) groups is 2. The van der Waals surface area contributed by atoms with Crippen molar-refractivity contribution < 1.29 is 33.7 Å². The molecule has 9 heteroatoms. The molecule has 7 nitrogen and oxygen atoms in total. The molecule has 0 aliphatic carbocycles. The quantitative estimate of drug-likeness (QED) is 0.113. The number of aryl methyl sites for hydroxylation is 1. The summed E-state index contributed by atoms with van der Waals surface area (Å²) < 4.78 is 26.9. The van der Waals surface area contributed by atoms with E-state index in [9.17, 15) is 19.1 Å². The zero-order valence-corrected chi connectivity index (χ0v) is 23.1. The number of hydrogen-bond donors (Lipinski definition) is 2. The summed E-state index contributed by atoms with van der Waals surface area (Å²) >= 11 is 5.96. The molecular weight excluding hydrogens is 549 g/mol. The van der Waals surface area contributed by atoms with E-state index >= 15 is 0 Å². The molecule has 0 aliphatic rings. The number of halogens is 2. The van der Waals surface area contributed by atoms with Gasteiger partial charge >= 0.3 is 11.9 Å². The normalized spacial score (nSPS) is 11.3. The molecule has 0 unspecified atom stereocenters. The van der Waals surface area contributed by atoms with Crippen molar-refractivity contribution >= 4 is 46.6 Å². The summed E-state index contributed by atoms with van der Waals surface area (Å²) in [6.45, 7) is 1.31. The monoisotopic (exact) mass is 579 g/mol. The minimum absolute atomic E-state index is 0.0481. The van der Waals surface area contributed by atoms with Gasteiger partial charge in [0.05, 0.1) is 24.7 Å². The maximum atomic E-state index is 13.7. The first-order valence-corrected chi connectivity index (χ1v) is 13.7. The second-order valence-electron chi connectivity index (χ2n) is 9.51. The van der Waals surface area contributed by atoms with Crippen LogP contribution in [0.4, 0.5) is 4.39 Å². The van der Waals surface area contributed by atoms with Crippen molar-refractivity contribution in [3.05, 3.63) is 94.4 Å². The number of unbranched alkanes of at least 4 members (excludes halogenated alkanes) is 1. The van der Waals surface area contributed by atoms with Crippen molar-refractivity contribution in [3.63, 3.8) is 0 Å². The third kappa shape index (κ3) is 8.35. The predicted octanol–water partition coefficient (Wildman–Crippen LogP) is 7.33. The Bertz CT molecular complexity index is 1510. The molecule has 214 valence electrons. The number of aromatic nitrogens is 1. The zero-order valence-electron chi connectivity index (χ0n) is 22.4. The highest BCUT2D eigenvalue weighted by atomic mass is 35.5. The van der Waals surface area contributed by atoms with Crippen molar-refractivity contribution in [2.45, 2.75) is 38.6 Å². The van der Waals surface area contributed by atoms with Gasteiger partial charge in [0.15, 0.2) is 11.6 Å². The summed E-state index contributed by atoms with van der Waals surface area (Å²) in [4.78, 5) is 22.4. The van der Waals surface area contributed by atoms with E-state index in [1.165, 1.54) is 12.1 Å². The summed E-state index contributed by atoms with van der Waals surface area (Å²) in [5.74, 6) is -1.47. The number of benzene rings is 3. The zero-order chi connectivity index (χ0) is 29.2. The summed E-state index contributed by atoms with van der Waals surface area (Å²) in [5, 5.41) is 19.5. The lowest BCUT2D eigenvalue weighted by atomic mass is 10.0. The molecule has 4 rings (SSSR count). The molecule has 0 fully saturated rings. The first kappa shape index (κ1) is 29.7. The molecule has 0 saturated heterocycles. The lowest BCUT2D eigenvalue weighted by Crippen LogP contribution is -2.03. The largest absolute Gasteiger partial charge is 0.494 e. The van der Waals surface area contributed by atoms with Gasteiger partial charge in [-0.3, -0.25) is 9.59 Å². The van der Waals surface area contributed by atoms with E-state index in [1.54, 1.807) is 6.07 Å². The maximum absolute atomic E-state index is 13.7. The Hall–Kier alpha value is -4.30. The fourth-order valence-corrected chi connectivity index (χ4v) is 4.76. The number of rotatable bonds is 15. The number of hydrogen-bond acceptors (Lipinski definition) is 4. The Balaban J connectivity index is 1.34. The number of aliphatic carboxylic acids is 2. The number of carboxylic acids is 2. The van der Waals surface area contributed by atoms with Crippen LogP contribution >= 0.6 is 11.6 Å². The summed E-state index contributed by atoms with van der Waals surface area (Å²) in [5.41, 5.74) is 3.40. The van der Waals surface area contributed by atoms with Crippen LogP contribution in [0.25, 0.3) is 23.1 Å². The highest BCUT2D eigenvalue weighted by molar-refractivity contribution is 6.32. The van der Waals surface area contributed by atoms with Gasteiger partial charge in [-0.2, -0.15) is 0 Å². The molecule has 3 aromatic carbocycles. The number of carboxylic acid groups (broad SMARTS) is 2. The van der Waals surface area contributed by atoms with Gasteiger partial charge in [-0.1, -0.05) is 54.1 Å². The first-order valence-electron chi connectivity index (χ1n) is 13.3. The van der Waals surface area contributed by atoms with E-state index in [-0.39, 0.29) is 23.6 Å². The van der Waals surface area contributed by atoms with Crippen molar-refractivity contribution in [2.75, 3.05) is 13.2 Å². The lowest BCUT2D eigenvalue weighted by Gasteiger charge is -2.09. The Labute approximate surface area is 242 Å². The molecule has 1 heterocycles. The van der Waals surface area contributed by atoms with E-state index in [2.05, 4.69) is 0 Å². The predicted molar refractivity (Wildman–Crippen MR) is 157 cm³/mol. The summed E-state index contributed by atoms with van der Waals surface area (Å²) in [6, 6.07) is 17.8. The number of para-hydroxylation sites is 1. The van der Waals surface area contributed by atoms with Crippen LogP contribution in [0.3, 0.4) is 0 Å². The molecule has 0 aliphatic heterocycles. The Morgan fingerprint density at radius 2 is 1.61 bits per heavy atom. The minimum Gasteiger partial charge on any atom is -0.494 e. The van der Waals surface area contributed by atoms with Crippen LogP contribution in [0.1, 0.15) is 42.4 Å². The first-order chi connectivity index (χ1) is 19.8. The molecule has 0 bridgehead atoms. The highest BCUT2D eigenvalue weighted by Gasteiger charge is 2.14.